The predicted octanol–water partition coefficient (Wildman–Crippen LogP) is 2.20. The molecular formula is C10H18O. The molecule has 0 radical (unpaired) electrons. The minimum Gasteiger partial charge on any atom is -0.396 e. The van der Waals surface area contributed by atoms with Gasteiger partial charge < -0.3 is 5.11 Å². The number of rotatable bonds is 3. The predicted molar refractivity (Wildman–Crippen MR) is 45.3 cm³/mol. The van der Waals surface area contributed by atoms with Gasteiger partial charge in [-0.25, -0.2) is 0 Å². The van der Waals surface area contributed by atoms with E-state index in [9.17, 15) is 5.11 Å². The number of aliphatic hydroxyl groups is 1. The smallest absolute Gasteiger partial charge is 0.0464 e. The lowest BCUT2D eigenvalue weighted by molar-refractivity contribution is 0.158. The summed E-state index contributed by atoms with van der Waals surface area (Å²) in [6.45, 7) is 0.454. The molecule has 11 heavy (non-hydrogen) atoms. The standard InChI is InChI=1S/C10H18O/c11-7-10(9-5-6-9)8-3-1-2-4-8/h8-11H,1-7H2. The third-order valence-electron chi connectivity index (χ3n) is 3.44. The molecule has 0 aliphatic heterocycles. The highest BCUT2D eigenvalue weighted by molar-refractivity contribution is 4.87. The van der Waals surface area contributed by atoms with E-state index in [2.05, 4.69) is 0 Å². The van der Waals surface area contributed by atoms with E-state index in [1.54, 1.807) is 0 Å². The molecule has 2 aliphatic rings. The summed E-state index contributed by atoms with van der Waals surface area (Å²) in [4.78, 5) is 0. The minimum absolute atomic E-state index is 0.454. The van der Waals surface area contributed by atoms with Crippen molar-refractivity contribution in [2.24, 2.45) is 17.8 Å². The number of hydrogen-bond donors (Lipinski definition) is 1. The Bertz CT molecular complexity index is 123. The van der Waals surface area contributed by atoms with Crippen molar-refractivity contribution in [2.75, 3.05) is 6.61 Å². The lowest BCUT2D eigenvalue weighted by Crippen LogP contribution is -2.17. The molecule has 2 fully saturated rings. The highest BCUT2D eigenvalue weighted by Crippen LogP contribution is 2.45. The molecule has 1 atom stereocenters. The monoisotopic (exact) mass is 154 g/mol. The maximum absolute atomic E-state index is 9.20. The average molecular weight is 154 g/mol. The van der Waals surface area contributed by atoms with E-state index in [1.165, 1.54) is 38.5 Å². The van der Waals surface area contributed by atoms with Crippen LogP contribution in [0.3, 0.4) is 0 Å². The average Bonchev–Trinajstić information content (AvgIpc) is 2.68. The fourth-order valence-corrected chi connectivity index (χ4v) is 2.59. The zero-order valence-corrected chi connectivity index (χ0v) is 7.13. The Hall–Kier alpha value is -0.0400. The summed E-state index contributed by atoms with van der Waals surface area (Å²) in [5, 5.41) is 9.20. The van der Waals surface area contributed by atoms with Gasteiger partial charge in [-0.3, -0.25) is 0 Å². The van der Waals surface area contributed by atoms with E-state index >= 15 is 0 Å². The quantitative estimate of drug-likeness (QED) is 0.660. The van der Waals surface area contributed by atoms with Crippen LogP contribution in [0.5, 0.6) is 0 Å². The molecule has 0 heterocycles. The normalized spacial score (nSPS) is 29.2. The van der Waals surface area contributed by atoms with E-state index in [0.717, 1.165) is 11.8 Å². The van der Waals surface area contributed by atoms with Crippen molar-refractivity contribution in [1.29, 1.82) is 0 Å². The molecule has 2 saturated carbocycles. The van der Waals surface area contributed by atoms with E-state index in [1.807, 2.05) is 0 Å². The Balaban J connectivity index is 1.87. The summed E-state index contributed by atoms with van der Waals surface area (Å²) < 4.78 is 0. The molecule has 0 spiro atoms. The van der Waals surface area contributed by atoms with E-state index < -0.39 is 0 Å². The van der Waals surface area contributed by atoms with Crippen LogP contribution in [-0.4, -0.2) is 11.7 Å². The van der Waals surface area contributed by atoms with E-state index in [4.69, 9.17) is 0 Å². The first-order valence-corrected chi connectivity index (χ1v) is 5.02. The molecule has 64 valence electrons. The van der Waals surface area contributed by atoms with Crippen molar-refractivity contribution in [3.8, 4) is 0 Å². The molecule has 1 unspecified atom stereocenters. The second-order valence-electron chi connectivity index (χ2n) is 4.23. The van der Waals surface area contributed by atoms with Gasteiger partial charge in [0, 0.05) is 6.61 Å². The van der Waals surface area contributed by atoms with Gasteiger partial charge in [0.05, 0.1) is 0 Å². The summed E-state index contributed by atoms with van der Waals surface area (Å²) in [7, 11) is 0. The Kier molecular flexibility index (Phi) is 2.17. The van der Waals surface area contributed by atoms with Gasteiger partial charge in [0.15, 0.2) is 0 Å². The molecule has 2 rings (SSSR count). The SMILES string of the molecule is OCC(C1CCCC1)C1CC1. The second-order valence-corrected chi connectivity index (χ2v) is 4.23. The third kappa shape index (κ3) is 1.58. The molecule has 0 aromatic carbocycles. The lowest BCUT2D eigenvalue weighted by Gasteiger charge is -2.20. The van der Waals surface area contributed by atoms with Crippen LogP contribution in [0.4, 0.5) is 0 Å². The minimum atomic E-state index is 0.454. The summed E-state index contributed by atoms with van der Waals surface area (Å²) in [5.74, 6) is 2.47. The van der Waals surface area contributed by atoms with Crippen molar-refractivity contribution >= 4 is 0 Å². The number of hydrogen-bond acceptors (Lipinski definition) is 1. The van der Waals surface area contributed by atoms with Crippen LogP contribution in [0.15, 0.2) is 0 Å². The van der Waals surface area contributed by atoms with Crippen LogP contribution in [0, 0.1) is 17.8 Å². The Morgan fingerprint density at radius 2 is 1.55 bits per heavy atom. The van der Waals surface area contributed by atoms with Gasteiger partial charge in [-0.1, -0.05) is 25.7 Å². The molecule has 1 N–H and O–H groups in total. The molecule has 1 nitrogen and oxygen atoms in total. The van der Waals surface area contributed by atoms with Gasteiger partial charge in [-0.15, -0.1) is 0 Å². The topological polar surface area (TPSA) is 20.2 Å². The van der Waals surface area contributed by atoms with Gasteiger partial charge in [-0.05, 0) is 30.6 Å². The van der Waals surface area contributed by atoms with Crippen molar-refractivity contribution in [3.05, 3.63) is 0 Å². The zero-order valence-electron chi connectivity index (χ0n) is 7.13. The van der Waals surface area contributed by atoms with Gasteiger partial charge in [0.2, 0.25) is 0 Å². The van der Waals surface area contributed by atoms with Crippen molar-refractivity contribution < 1.29 is 5.11 Å². The maximum Gasteiger partial charge on any atom is 0.0464 e. The maximum atomic E-state index is 9.20. The number of aliphatic hydroxyl groups excluding tert-OH is 1. The molecule has 0 aromatic heterocycles. The summed E-state index contributed by atoms with van der Waals surface area (Å²) >= 11 is 0. The first kappa shape index (κ1) is 7.60. The van der Waals surface area contributed by atoms with Gasteiger partial charge in [0.25, 0.3) is 0 Å². The Morgan fingerprint density at radius 1 is 1.00 bits per heavy atom. The zero-order chi connectivity index (χ0) is 7.68. The van der Waals surface area contributed by atoms with Gasteiger partial charge in [-0.2, -0.15) is 0 Å². The third-order valence-corrected chi connectivity index (χ3v) is 3.44. The first-order valence-electron chi connectivity index (χ1n) is 5.02. The van der Waals surface area contributed by atoms with Gasteiger partial charge >= 0.3 is 0 Å². The molecule has 1 heteroatoms. The first-order chi connectivity index (χ1) is 5.42. The van der Waals surface area contributed by atoms with Crippen LogP contribution in [0.2, 0.25) is 0 Å². The van der Waals surface area contributed by atoms with Crippen LogP contribution in [-0.2, 0) is 0 Å². The summed E-state index contributed by atoms with van der Waals surface area (Å²) in [6.07, 6.45) is 8.38. The van der Waals surface area contributed by atoms with Crippen molar-refractivity contribution in [2.45, 2.75) is 38.5 Å². The van der Waals surface area contributed by atoms with Crippen molar-refractivity contribution in [3.63, 3.8) is 0 Å². The summed E-state index contributed by atoms with van der Waals surface area (Å²) in [6, 6.07) is 0. The Labute approximate surface area is 68.8 Å². The second kappa shape index (κ2) is 3.14. The molecule has 2 aliphatic carbocycles. The van der Waals surface area contributed by atoms with Crippen LogP contribution in [0.1, 0.15) is 38.5 Å². The van der Waals surface area contributed by atoms with Gasteiger partial charge in [0.1, 0.15) is 0 Å². The van der Waals surface area contributed by atoms with Crippen molar-refractivity contribution in [1.82, 2.24) is 0 Å². The Morgan fingerprint density at radius 3 is 2.00 bits per heavy atom. The van der Waals surface area contributed by atoms with E-state index in [0.29, 0.717) is 12.5 Å². The highest BCUT2D eigenvalue weighted by Gasteiger charge is 2.36. The highest BCUT2D eigenvalue weighted by atomic mass is 16.3. The van der Waals surface area contributed by atoms with E-state index in [-0.39, 0.29) is 0 Å². The van der Waals surface area contributed by atoms with Crippen LogP contribution < -0.4 is 0 Å². The van der Waals surface area contributed by atoms with Crippen LogP contribution in [0.25, 0.3) is 0 Å². The molecule has 0 bridgehead atoms. The summed E-state index contributed by atoms with van der Waals surface area (Å²) in [5.41, 5.74) is 0. The largest absolute Gasteiger partial charge is 0.396 e. The molecular weight excluding hydrogens is 136 g/mol. The molecule has 0 aromatic rings. The lowest BCUT2D eigenvalue weighted by atomic mass is 9.87. The molecule has 0 amide bonds. The van der Waals surface area contributed by atoms with Crippen LogP contribution >= 0.6 is 0 Å². The fourth-order valence-electron chi connectivity index (χ4n) is 2.59. The fraction of sp³-hybridized carbons (Fsp3) is 1.00. The molecule has 0 saturated heterocycles.